The summed E-state index contributed by atoms with van der Waals surface area (Å²) in [5.41, 5.74) is 9.33. The Kier molecular flexibility index (Phi) is 5.14. The van der Waals surface area contributed by atoms with Gasteiger partial charge in [0.25, 0.3) is 0 Å². The second-order valence-electron chi connectivity index (χ2n) is 4.69. The molecule has 112 valence electrons. The minimum atomic E-state index is -0.333. The molecule has 0 saturated carbocycles. The van der Waals surface area contributed by atoms with Crippen molar-refractivity contribution in [3.05, 3.63) is 56.5 Å². The Bertz CT molecular complexity index is 661. The van der Waals surface area contributed by atoms with Crippen LogP contribution >= 0.6 is 27.5 Å². The molecule has 0 aliphatic heterocycles. The molecule has 0 aliphatic carbocycles. The average molecular weight is 371 g/mol. The van der Waals surface area contributed by atoms with Gasteiger partial charge >= 0.3 is 0 Å². The van der Waals surface area contributed by atoms with Crippen molar-refractivity contribution in [3.63, 3.8) is 0 Å². The summed E-state index contributed by atoms with van der Waals surface area (Å²) in [7, 11) is 3.14. The zero-order chi connectivity index (χ0) is 15.6. The fourth-order valence-corrected chi connectivity index (χ4v) is 2.87. The highest BCUT2D eigenvalue weighted by atomic mass is 79.9. The number of ether oxygens (including phenoxy) is 2. The van der Waals surface area contributed by atoms with E-state index >= 15 is 0 Å². The van der Waals surface area contributed by atoms with Gasteiger partial charge in [0.15, 0.2) is 0 Å². The molecule has 2 aromatic rings. The number of methoxy groups -OCH3 is 2. The van der Waals surface area contributed by atoms with Gasteiger partial charge in [0.2, 0.25) is 0 Å². The van der Waals surface area contributed by atoms with Gasteiger partial charge in [-0.3, -0.25) is 0 Å². The van der Waals surface area contributed by atoms with E-state index in [9.17, 15) is 0 Å². The second kappa shape index (κ2) is 6.69. The number of rotatable bonds is 4. The van der Waals surface area contributed by atoms with Gasteiger partial charge in [0.1, 0.15) is 16.5 Å². The third kappa shape index (κ3) is 3.18. The van der Waals surface area contributed by atoms with Crippen LogP contribution in [0.5, 0.6) is 11.5 Å². The van der Waals surface area contributed by atoms with Gasteiger partial charge in [-0.15, -0.1) is 0 Å². The summed E-state index contributed by atoms with van der Waals surface area (Å²) in [6.45, 7) is 2.03. The number of hydrogen-bond donors (Lipinski definition) is 1. The zero-order valence-electron chi connectivity index (χ0n) is 12.1. The van der Waals surface area contributed by atoms with Crippen LogP contribution in [0.25, 0.3) is 0 Å². The first-order valence-corrected chi connectivity index (χ1v) is 7.58. The first-order valence-electron chi connectivity index (χ1n) is 6.41. The molecule has 0 aromatic heterocycles. The van der Waals surface area contributed by atoms with Crippen LogP contribution in [-0.2, 0) is 0 Å². The van der Waals surface area contributed by atoms with E-state index in [-0.39, 0.29) is 6.04 Å². The van der Waals surface area contributed by atoms with Crippen molar-refractivity contribution >= 4 is 27.5 Å². The molecule has 21 heavy (non-hydrogen) atoms. The van der Waals surface area contributed by atoms with E-state index in [1.54, 1.807) is 20.3 Å². The van der Waals surface area contributed by atoms with Crippen molar-refractivity contribution in [2.75, 3.05) is 14.2 Å². The van der Waals surface area contributed by atoms with Crippen LogP contribution in [0, 0.1) is 6.92 Å². The monoisotopic (exact) mass is 369 g/mol. The minimum Gasteiger partial charge on any atom is -0.495 e. The summed E-state index contributed by atoms with van der Waals surface area (Å²) in [5.74, 6) is 1.11. The van der Waals surface area contributed by atoms with Gasteiger partial charge in [0.05, 0.1) is 20.3 Å². The number of hydrogen-bond acceptors (Lipinski definition) is 3. The summed E-state index contributed by atoms with van der Waals surface area (Å²) in [6.07, 6.45) is 0. The predicted octanol–water partition coefficient (Wildman–Crippen LogP) is 4.48. The maximum atomic E-state index is 6.37. The molecule has 0 amide bonds. The molecule has 0 aliphatic rings. The normalized spacial score (nSPS) is 12.1. The summed E-state index contributed by atoms with van der Waals surface area (Å²) in [5, 5.41) is 0.430. The quantitative estimate of drug-likeness (QED) is 0.863. The molecule has 0 bridgehead atoms. The van der Waals surface area contributed by atoms with E-state index < -0.39 is 0 Å². The summed E-state index contributed by atoms with van der Waals surface area (Å²) in [4.78, 5) is 0. The summed E-state index contributed by atoms with van der Waals surface area (Å²) < 4.78 is 11.6. The standard InChI is InChI=1S/C16H17BrClNO2/c1-9-4-5-10(8-12(9)17)15(19)11-6-7-13(20-2)14(18)16(11)21-3/h4-8,15H,19H2,1-3H3. The first-order chi connectivity index (χ1) is 9.99. The molecule has 2 aromatic carbocycles. The third-order valence-electron chi connectivity index (χ3n) is 3.41. The first kappa shape index (κ1) is 16.1. The maximum absolute atomic E-state index is 6.37. The van der Waals surface area contributed by atoms with Crippen molar-refractivity contribution in [2.24, 2.45) is 5.73 Å². The Labute approximate surface area is 138 Å². The van der Waals surface area contributed by atoms with E-state index in [0.717, 1.165) is 21.2 Å². The lowest BCUT2D eigenvalue weighted by Gasteiger charge is -2.19. The number of halogens is 2. The molecular weight excluding hydrogens is 354 g/mol. The lowest BCUT2D eigenvalue weighted by atomic mass is 9.97. The fourth-order valence-electron chi connectivity index (χ4n) is 2.15. The van der Waals surface area contributed by atoms with E-state index in [1.807, 2.05) is 31.2 Å². The van der Waals surface area contributed by atoms with Gasteiger partial charge in [-0.25, -0.2) is 0 Å². The SMILES string of the molecule is COc1ccc(C(N)c2ccc(C)c(Br)c2)c(OC)c1Cl. The molecule has 5 heteroatoms. The Morgan fingerprint density at radius 1 is 1.14 bits per heavy atom. The van der Waals surface area contributed by atoms with Crippen molar-refractivity contribution < 1.29 is 9.47 Å². The van der Waals surface area contributed by atoms with Gasteiger partial charge < -0.3 is 15.2 Å². The van der Waals surface area contributed by atoms with Gasteiger partial charge in [-0.2, -0.15) is 0 Å². The number of nitrogens with two attached hydrogens (primary N) is 1. The van der Waals surface area contributed by atoms with Crippen LogP contribution in [0.2, 0.25) is 5.02 Å². The van der Waals surface area contributed by atoms with Crippen molar-refractivity contribution in [1.82, 2.24) is 0 Å². The summed E-state index contributed by atoms with van der Waals surface area (Å²) in [6, 6.07) is 9.38. The molecule has 3 nitrogen and oxygen atoms in total. The Morgan fingerprint density at radius 3 is 2.43 bits per heavy atom. The largest absolute Gasteiger partial charge is 0.495 e. The van der Waals surface area contributed by atoms with Crippen LogP contribution in [0.15, 0.2) is 34.8 Å². The van der Waals surface area contributed by atoms with E-state index in [1.165, 1.54) is 0 Å². The van der Waals surface area contributed by atoms with Crippen molar-refractivity contribution in [3.8, 4) is 11.5 Å². The zero-order valence-corrected chi connectivity index (χ0v) is 14.5. The van der Waals surface area contributed by atoms with E-state index in [0.29, 0.717) is 16.5 Å². The van der Waals surface area contributed by atoms with Crippen molar-refractivity contribution in [2.45, 2.75) is 13.0 Å². The van der Waals surface area contributed by atoms with E-state index in [4.69, 9.17) is 26.8 Å². The molecule has 0 heterocycles. The topological polar surface area (TPSA) is 44.5 Å². The van der Waals surface area contributed by atoms with Crippen molar-refractivity contribution in [1.29, 1.82) is 0 Å². The fraction of sp³-hybridized carbons (Fsp3) is 0.250. The van der Waals surface area contributed by atoms with Crippen LogP contribution in [0.1, 0.15) is 22.7 Å². The average Bonchev–Trinajstić information content (AvgIpc) is 2.49. The van der Waals surface area contributed by atoms with Crippen LogP contribution in [-0.4, -0.2) is 14.2 Å². The molecule has 1 atom stereocenters. The smallest absolute Gasteiger partial charge is 0.146 e. The van der Waals surface area contributed by atoms with Crippen LogP contribution < -0.4 is 15.2 Å². The highest BCUT2D eigenvalue weighted by Crippen LogP contribution is 2.40. The highest BCUT2D eigenvalue weighted by molar-refractivity contribution is 9.10. The highest BCUT2D eigenvalue weighted by Gasteiger charge is 2.19. The maximum Gasteiger partial charge on any atom is 0.146 e. The lowest BCUT2D eigenvalue weighted by molar-refractivity contribution is 0.390. The molecule has 2 N–H and O–H groups in total. The molecule has 0 radical (unpaired) electrons. The number of benzene rings is 2. The molecule has 2 rings (SSSR count). The van der Waals surface area contributed by atoms with Gasteiger partial charge in [-0.1, -0.05) is 39.7 Å². The van der Waals surface area contributed by atoms with Gasteiger partial charge in [0, 0.05) is 10.0 Å². The third-order valence-corrected chi connectivity index (χ3v) is 4.62. The molecule has 0 spiro atoms. The second-order valence-corrected chi connectivity index (χ2v) is 5.92. The summed E-state index contributed by atoms with van der Waals surface area (Å²) >= 11 is 9.81. The van der Waals surface area contributed by atoms with Crippen LogP contribution in [0.4, 0.5) is 0 Å². The molecule has 0 saturated heterocycles. The molecule has 0 fully saturated rings. The lowest BCUT2D eigenvalue weighted by Crippen LogP contribution is -2.13. The Balaban J connectivity index is 2.50. The molecular formula is C16H17BrClNO2. The Hall–Kier alpha value is -1.23. The Morgan fingerprint density at radius 2 is 1.86 bits per heavy atom. The van der Waals surface area contributed by atoms with E-state index in [2.05, 4.69) is 15.9 Å². The predicted molar refractivity (Wildman–Crippen MR) is 89.5 cm³/mol. The molecule has 1 unspecified atom stereocenters. The van der Waals surface area contributed by atoms with Gasteiger partial charge in [-0.05, 0) is 36.2 Å². The minimum absolute atomic E-state index is 0.333. The van der Waals surface area contributed by atoms with Crippen LogP contribution in [0.3, 0.4) is 0 Å². The number of aryl methyl sites for hydroxylation is 1.